The van der Waals surface area contributed by atoms with Crippen molar-refractivity contribution >= 4 is 23.7 Å². The predicted molar refractivity (Wildman–Crippen MR) is 122 cm³/mol. The van der Waals surface area contributed by atoms with Gasteiger partial charge in [0.05, 0.1) is 0 Å². The Balaban J connectivity index is 0.000000308. The first kappa shape index (κ1) is 24.9. The largest absolute Gasteiger partial charge is 0.351 e. The Labute approximate surface area is 178 Å². The molecule has 0 radical (unpaired) electrons. The van der Waals surface area contributed by atoms with Gasteiger partial charge in [-0.1, -0.05) is 39.8 Å². The normalized spacial score (nSPS) is 10.9. The third kappa shape index (κ3) is 8.43. The van der Waals surface area contributed by atoms with Gasteiger partial charge in [0.2, 0.25) is 0 Å². The Morgan fingerprint density at radius 3 is 1.90 bits per heavy atom. The third-order valence-electron chi connectivity index (χ3n) is 4.21. The van der Waals surface area contributed by atoms with Gasteiger partial charge in [0, 0.05) is 17.1 Å². The molecule has 29 heavy (non-hydrogen) atoms. The Morgan fingerprint density at radius 1 is 1.07 bits per heavy atom. The van der Waals surface area contributed by atoms with E-state index in [9.17, 15) is 9.18 Å². The van der Waals surface area contributed by atoms with Crippen LogP contribution in [0.1, 0.15) is 56.2 Å². The summed E-state index contributed by atoms with van der Waals surface area (Å²) in [5, 5.41) is 8.01. The van der Waals surface area contributed by atoms with E-state index in [1.54, 1.807) is 0 Å². The summed E-state index contributed by atoms with van der Waals surface area (Å²) in [6.07, 6.45) is 0. The van der Waals surface area contributed by atoms with E-state index >= 15 is 0 Å². The number of primary amides is 1. The molecule has 2 rings (SSSR count). The van der Waals surface area contributed by atoms with Crippen LogP contribution in [-0.4, -0.2) is 25.0 Å². The van der Waals surface area contributed by atoms with Crippen LogP contribution >= 0.6 is 11.9 Å². The molecule has 0 unspecified atom stereocenters. The SMILES string of the molecule is CC(C)c1cc(F)cc(C(C)C)c1NC(N)=O.CN(C)Cc1ccc(SN)cc1. The van der Waals surface area contributed by atoms with Crippen molar-refractivity contribution in [3.8, 4) is 0 Å². The predicted octanol–water partition coefficient (Wildman–Crippen LogP) is 5.28. The number of benzene rings is 2. The first-order chi connectivity index (χ1) is 13.5. The van der Waals surface area contributed by atoms with Gasteiger partial charge in [-0.15, -0.1) is 0 Å². The summed E-state index contributed by atoms with van der Waals surface area (Å²) in [7, 11) is 4.12. The van der Waals surface area contributed by atoms with E-state index < -0.39 is 6.03 Å². The molecule has 160 valence electrons. The molecule has 0 saturated carbocycles. The minimum atomic E-state index is -0.625. The molecule has 0 spiro atoms. The van der Waals surface area contributed by atoms with Crippen LogP contribution in [0.5, 0.6) is 0 Å². The first-order valence-corrected chi connectivity index (χ1v) is 10.4. The molecule has 5 nitrogen and oxygen atoms in total. The second-order valence-corrected chi connectivity index (χ2v) is 8.46. The number of halogens is 1. The first-order valence-electron chi connectivity index (χ1n) is 9.55. The smallest absolute Gasteiger partial charge is 0.316 e. The van der Waals surface area contributed by atoms with Crippen molar-refractivity contribution in [2.24, 2.45) is 10.9 Å². The molecule has 0 aliphatic heterocycles. The average molecular weight is 421 g/mol. The zero-order chi connectivity index (χ0) is 22.1. The highest BCUT2D eigenvalue weighted by Crippen LogP contribution is 2.33. The highest BCUT2D eigenvalue weighted by molar-refractivity contribution is 7.97. The third-order valence-corrected chi connectivity index (χ3v) is 4.76. The fourth-order valence-corrected chi connectivity index (χ4v) is 3.16. The molecule has 2 aromatic rings. The maximum Gasteiger partial charge on any atom is 0.316 e. The van der Waals surface area contributed by atoms with E-state index in [4.69, 9.17) is 10.9 Å². The lowest BCUT2D eigenvalue weighted by Gasteiger charge is -2.19. The topological polar surface area (TPSA) is 84.4 Å². The van der Waals surface area contributed by atoms with Crippen LogP contribution in [0.15, 0.2) is 41.3 Å². The van der Waals surface area contributed by atoms with Crippen LogP contribution in [0, 0.1) is 5.82 Å². The van der Waals surface area contributed by atoms with Crippen LogP contribution < -0.4 is 16.2 Å². The number of urea groups is 1. The van der Waals surface area contributed by atoms with E-state index in [2.05, 4.69) is 36.4 Å². The number of rotatable bonds is 6. The molecule has 0 aliphatic rings. The number of carbonyl (C=O) groups excluding carboxylic acids is 1. The van der Waals surface area contributed by atoms with Gasteiger partial charge >= 0.3 is 6.03 Å². The molecular weight excluding hydrogens is 387 g/mol. The second kappa shape index (κ2) is 11.8. The lowest BCUT2D eigenvalue weighted by Crippen LogP contribution is -2.22. The Kier molecular flexibility index (Phi) is 10.2. The summed E-state index contributed by atoms with van der Waals surface area (Å²) in [5.41, 5.74) is 8.66. The molecule has 2 aromatic carbocycles. The number of nitrogens with one attached hydrogen (secondary N) is 1. The number of carbonyl (C=O) groups is 1. The number of anilines is 1. The highest BCUT2D eigenvalue weighted by Gasteiger charge is 2.17. The summed E-state index contributed by atoms with van der Waals surface area (Å²) in [6.45, 7) is 8.78. The van der Waals surface area contributed by atoms with Crippen molar-refractivity contribution in [2.45, 2.75) is 51.0 Å². The van der Waals surface area contributed by atoms with Crippen molar-refractivity contribution < 1.29 is 9.18 Å². The molecule has 0 heterocycles. The Hall–Kier alpha value is -2.09. The van der Waals surface area contributed by atoms with Crippen molar-refractivity contribution in [2.75, 3.05) is 19.4 Å². The molecular formula is C22H33FN4OS. The van der Waals surface area contributed by atoms with E-state index in [0.29, 0.717) is 5.69 Å². The quantitative estimate of drug-likeness (QED) is 0.555. The lowest BCUT2D eigenvalue weighted by atomic mass is 9.92. The summed E-state index contributed by atoms with van der Waals surface area (Å²) >= 11 is 1.28. The van der Waals surface area contributed by atoms with Gasteiger partial charge in [0.25, 0.3) is 0 Å². The van der Waals surface area contributed by atoms with Crippen LogP contribution in [0.2, 0.25) is 0 Å². The zero-order valence-electron chi connectivity index (χ0n) is 18.1. The Bertz CT molecular complexity index is 763. The van der Waals surface area contributed by atoms with E-state index in [1.807, 2.05) is 39.8 Å². The second-order valence-electron chi connectivity index (χ2n) is 7.76. The zero-order valence-corrected chi connectivity index (χ0v) is 18.9. The standard InChI is InChI=1S/C13H19FN2O.C9H14N2S/c1-7(2)10-5-9(14)6-11(8(3)4)12(10)16-13(15)17;1-11(2)7-8-3-5-9(12-10)6-4-8/h5-8H,1-4H3,(H3,15,16,17);3-6H,7,10H2,1-2H3. The van der Waals surface area contributed by atoms with Crippen molar-refractivity contribution in [3.63, 3.8) is 0 Å². The molecule has 0 aromatic heterocycles. The maximum atomic E-state index is 13.5. The van der Waals surface area contributed by atoms with Gasteiger partial charge in [-0.3, -0.25) is 5.14 Å². The summed E-state index contributed by atoms with van der Waals surface area (Å²) in [6, 6.07) is 10.6. The van der Waals surface area contributed by atoms with Crippen molar-refractivity contribution in [3.05, 3.63) is 58.9 Å². The fraction of sp³-hybridized carbons (Fsp3) is 0.409. The molecule has 0 aliphatic carbocycles. The summed E-state index contributed by atoms with van der Waals surface area (Å²) in [4.78, 5) is 14.3. The van der Waals surface area contributed by atoms with Crippen molar-refractivity contribution in [1.82, 2.24) is 4.90 Å². The summed E-state index contributed by atoms with van der Waals surface area (Å²) < 4.78 is 13.5. The number of hydrogen-bond donors (Lipinski definition) is 3. The maximum absolute atomic E-state index is 13.5. The molecule has 2 amide bonds. The van der Waals surface area contributed by atoms with E-state index in [0.717, 1.165) is 22.6 Å². The molecule has 0 fully saturated rings. The van der Waals surface area contributed by atoms with Crippen LogP contribution in [0.3, 0.4) is 0 Å². The van der Waals surface area contributed by atoms with Gasteiger partial charge in [-0.2, -0.15) is 0 Å². The van der Waals surface area contributed by atoms with Crippen molar-refractivity contribution in [1.29, 1.82) is 0 Å². The molecule has 5 N–H and O–H groups in total. The molecule has 0 bridgehead atoms. The molecule has 0 saturated heterocycles. The van der Waals surface area contributed by atoms with E-state index in [1.165, 1.54) is 29.6 Å². The van der Waals surface area contributed by atoms with Crippen LogP contribution in [0.4, 0.5) is 14.9 Å². The summed E-state index contributed by atoms with van der Waals surface area (Å²) in [5.74, 6) is -0.0532. The monoisotopic (exact) mass is 420 g/mol. The van der Waals surface area contributed by atoms with Crippen LogP contribution in [0.25, 0.3) is 0 Å². The fourth-order valence-electron chi connectivity index (χ4n) is 2.87. The van der Waals surface area contributed by atoms with Gasteiger partial charge < -0.3 is 16.0 Å². The van der Waals surface area contributed by atoms with Gasteiger partial charge in [-0.25, -0.2) is 9.18 Å². The van der Waals surface area contributed by atoms with Gasteiger partial charge in [0.1, 0.15) is 5.82 Å². The Morgan fingerprint density at radius 2 is 1.55 bits per heavy atom. The van der Waals surface area contributed by atoms with Gasteiger partial charge in [-0.05, 0) is 78.8 Å². The van der Waals surface area contributed by atoms with E-state index in [-0.39, 0.29) is 17.7 Å². The average Bonchev–Trinajstić information content (AvgIpc) is 2.62. The number of nitrogens with zero attached hydrogens (tertiary/aromatic N) is 1. The number of hydrogen-bond acceptors (Lipinski definition) is 4. The molecule has 7 heteroatoms. The minimum absolute atomic E-state index is 0.116. The minimum Gasteiger partial charge on any atom is -0.351 e. The molecule has 0 atom stereocenters. The van der Waals surface area contributed by atoms with Gasteiger partial charge in [0.15, 0.2) is 0 Å². The number of amides is 2. The lowest BCUT2D eigenvalue weighted by molar-refractivity contribution is 0.259. The van der Waals surface area contributed by atoms with Crippen LogP contribution in [-0.2, 0) is 6.54 Å². The highest BCUT2D eigenvalue weighted by atomic mass is 32.2. The number of nitrogens with two attached hydrogens (primary N) is 2.